The van der Waals surface area contributed by atoms with Crippen LogP contribution in [0.1, 0.15) is 23.7 Å². The molecule has 0 heterocycles. The highest BCUT2D eigenvalue weighted by Crippen LogP contribution is 2.30. The topological polar surface area (TPSA) is 72.2 Å². The van der Waals surface area contributed by atoms with Crippen LogP contribution in [0.25, 0.3) is 22.3 Å². The molecule has 3 rings (SSSR count). The molecule has 0 bridgehead atoms. The molecule has 4 nitrogen and oxygen atoms in total. The van der Waals surface area contributed by atoms with E-state index >= 15 is 0 Å². The molecule has 0 saturated heterocycles. The van der Waals surface area contributed by atoms with Crippen LogP contribution in [-0.2, 0) is 4.79 Å². The Morgan fingerprint density at radius 1 is 1.00 bits per heavy atom. The molecule has 1 unspecified atom stereocenters. The van der Waals surface area contributed by atoms with Crippen LogP contribution in [0.3, 0.4) is 0 Å². The standard InChI is InChI=1S/C27H26N2O2S/c1-4-23(18(3)32-5-2)27(31)29-22-15-16-24(25(17-22)26(28)30)21-13-11-20(12-14-21)19-9-7-6-8-10-19/h5-17,23H,2-4H2,1H3,(H2,28,30)(H,29,31). The van der Waals surface area contributed by atoms with Gasteiger partial charge in [0.2, 0.25) is 11.8 Å². The van der Waals surface area contributed by atoms with Crippen molar-refractivity contribution in [2.45, 2.75) is 13.3 Å². The molecule has 162 valence electrons. The summed E-state index contributed by atoms with van der Waals surface area (Å²) in [4.78, 5) is 25.6. The number of primary amides is 1. The molecule has 0 aliphatic rings. The summed E-state index contributed by atoms with van der Waals surface area (Å²) >= 11 is 1.34. The largest absolute Gasteiger partial charge is 0.366 e. The first-order valence-electron chi connectivity index (χ1n) is 10.3. The minimum atomic E-state index is -0.554. The number of benzene rings is 3. The number of carbonyl (C=O) groups is 2. The lowest BCUT2D eigenvalue weighted by atomic mass is 9.96. The summed E-state index contributed by atoms with van der Waals surface area (Å²) in [6.45, 7) is 9.56. The van der Waals surface area contributed by atoms with E-state index in [-0.39, 0.29) is 11.8 Å². The Morgan fingerprint density at radius 2 is 1.62 bits per heavy atom. The SMILES string of the molecule is C=CSC(=C)C(CC)C(=O)Nc1ccc(-c2ccc(-c3ccccc3)cc2)c(C(N)=O)c1. The maximum Gasteiger partial charge on any atom is 0.249 e. The van der Waals surface area contributed by atoms with Crippen molar-refractivity contribution in [2.75, 3.05) is 5.32 Å². The van der Waals surface area contributed by atoms with Gasteiger partial charge >= 0.3 is 0 Å². The molecule has 5 heteroatoms. The minimum absolute atomic E-state index is 0.178. The monoisotopic (exact) mass is 442 g/mol. The van der Waals surface area contributed by atoms with Gasteiger partial charge in [0.05, 0.1) is 5.92 Å². The normalized spacial score (nSPS) is 11.4. The molecule has 0 aromatic heterocycles. The molecule has 0 radical (unpaired) electrons. The van der Waals surface area contributed by atoms with Crippen molar-refractivity contribution in [3.05, 3.63) is 102 Å². The van der Waals surface area contributed by atoms with Gasteiger partial charge in [-0.25, -0.2) is 0 Å². The third-order valence-corrected chi connectivity index (χ3v) is 5.96. The van der Waals surface area contributed by atoms with Crippen LogP contribution in [0.15, 0.2) is 96.3 Å². The summed E-state index contributed by atoms with van der Waals surface area (Å²) in [5.41, 5.74) is 10.3. The van der Waals surface area contributed by atoms with Crippen LogP contribution < -0.4 is 11.1 Å². The molecule has 0 spiro atoms. The van der Waals surface area contributed by atoms with E-state index in [1.165, 1.54) is 11.8 Å². The second kappa shape index (κ2) is 10.6. The third-order valence-electron chi connectivity index (χ3n) is 5.20. The Hall–Kier alpha value is -3.57. The molecular weight excluding hydrogens is 416 g/mol. The predicted molar refractivity (Wildman–Crippen MR) is 135 cm³/mol. The lowest BCUT2D eigenvalue weighted by molar-refractivity contribution is -0.118. The molecule has 0 aliphatic heterocycles. The molecule has 3 aromatic rings. The van der Waals surface area contributed by atoms with Crippen LogP contribution >= 0.6 is 11.8 Å². The zero-order chi connectivity index (χ0) is 23.1. The van der Waals surface area contributed by atoms with Crippen LogP contribution in [-0.4, -0.2) is 11.8 Å². The second-order valence-electron chi connectivity index (χ2n) is 7.27. The van der Waals surface area contributed by atoms with E-state index in [2.05, 4.69) is 18.5 Å². The lowest BCUT2D eigenvalue weighted by Gasteiger charge is -2.17. The zero-order valence-electron chi connectivity index (χ0n) is 18.0. The average molecular weight is 443 g/mol. The highest BCUT2D eigenvalue weighted by molar-refractivity contribution is 8.05. The quantitative estimate of drug-likeness (QED) is 0.399. The fourth-order valence-electron chi connectivity index (χ4n) is 3.53. The Balaban J connectivity index is 1.86. The average Bonchev–Trinajstić information content (AvgIpc) is 2.80. The predicted octanol–water partition coefficient (Wildman–Crippen LogP) is 6.47. The van der Waals surface area contributed by atoms with Gasteiger partial charge in [-0.2, -0.15) is 0 Å². The van der Waals surface area contributed by atoms with Crippen LogP contribution in [0.4, 0.5) is 5.69 Å². The summed E-state index contributed by atoms with van der Waals surface area (Å²) in [5, 5.41) is 4.54. The van der Waals surface area contributed by atoms with Gasteiger partial charge < -0.3 is 11.1 Å². The van der Waals surface area contributed by atoms with Gasteiger partial charge in [-0.3, -0.25) is 9.59 Å². The van der Waals surface area contributed by atoms with Crippen molar-refractivity contribution in [3.63, 3.8) is 0 Å². The number of nitrogens with two attached hydrogens (primary N) is 1. The van der Waals surface area contributed by atoms with Gasteiger partial charge in [0, 0.05) is 11.3 Å². The van der Waals surface area contributed by atoms with E-state index in [1.807, 2.05) is 67.6 Å². The zero-order valence-corrected chi connectivity index (χ0v) is 18.8. The fourth-order valence-corrected chi connectivity index (χ4v) is 4.18. The number of hydrogen-bond acceptors (Lipinski definition) is 3. The van der Waals surface area contributed by atoms with E-state index in [0.29, 0.717) is 23.2 Å². The fraction of sp³-hybridized carbons (Fsp3) is 0.111. The Kier molecular flexibility index (Phi) is 7.68. The van der Waals surface area contributed by atoms with Gasteiger partial charge in [-0.15, -0.1) is 11.8 Å². The number of amides is 2. The first-order valence-corrected chi connectivity index (χ1v) is 11.2. The summed E-state index contributed by atoms with van der Waals surface area (Å²) in [7, 11) is 0. The summed E-state index contributed by atoms with van der Waals surface area (Å²) in [6.07, 6.45) is 0.611. The summed E-state index contributed by atoms with van der Waals surface area (Å²) < 4.78 is 0. The molecule has 0 saturated carbocycles. The van der Waals surface area contributed by atoms with Crippen molar-refractivity contribution < 1.29 is 9.59 Å². The molecule has 2 amide bonds. The number of hydrogen-bond donors (Lipinski definition) is 2. The van der Waals surface area contributed by atoms with Crippen LogP contribution in [0.2, 0.25) is 0 Å². The van der Waals surface area contributed by atoms with E-state index < -0.39 is 5.91 Å². The van der Waals surface area contributed by atoms with Gasteiger partial charge in [0.25, 0.3) is 0 Å². The number of nitrogens with one attached hydrogen (secondary N) is 1. The maximum atomic E-state index is 12.7. The highest BCUT2D eigenvalue weighted by Gasteiger charge is 2.20. The van der Waals surface area contributed by atoms with Crippen LogP contribution in [0.5, 0.6) is 0 Å². The lowest BCUT2D eigenvalue weighted by Crippen LogP contribution is -2.23. The molecule has 32 heavy (non-hydrogen) atoms. The molecule has 1 atom stereocenters. The molecule has 3 N–H and O–H groups in total. The van der Waals surface area contributed by atoms with Gasteiger partial charge in [-0.05, 0) is 51.1 Å². The Bertz CT molecular complexity index is 1140. The minimum Gasteiger partial charge on any atom is -0.366 e. The van der Waals surface area contributed by atoms with Crippen molar-refractivity contribution >= 4 is 29.3 Å². The Morgan fingerprint density at radius 3 is 2.22 bits per heavy atom. The van der Waals surface area contributed by atoms with Crippen molar-refractivity contribution in [1.82, 2.24) is 0 Å². The Labute approximate surface area is 193 Å². The summed E-state index contributed by atoms with van der Waals surface area (Å²) in [6, 6.07) is 23.2. The van der Waals surface area contributed by atoms with E-state index in [4.69, 9.17) is 5.73 Å². The third kappa shape index (κ3) is 5.37. The number of carbonyl (C=O) groups excluding carboxylic acids is 2. The maximum absolute atomic E-state index is 12.7. The first kappa shape index (κ1) is 23.1. The van der Waals surface area contributed by atoms with E-state index in [1.54, 1.807) is 17.5 Å². The smallest absolute Gasteiger partial charge is 0.249 e. The van der Waals surface area contributed by atoms with E-state index in [9.17, 15) is 9.59 Å². The van der Waals surface area contributed by atoms with Crippen molar-refractivity contribution in [1.29, 1.82) is 0 Å². The van der Waals surface area contributed by atoms with Crippen molar-refractivity contribution in [2.24, 2.45) is 11.7 Å². The molecule has 0 fully saturated rings. The van der Waals surface area contributed by atoms with Gasteiger partial charge in [0.15, 0.2) is 0 Å². The van der Waals surface area contributed by atoms with Gasteiger partial charge in [-0.1, -0.05) is 80.7 Å². The highest BCUT2D eigenvalue weighted by atomic mass is 32.2. The summed E-state index contributed by atoms with van der Waals surface area (Å²) in [5.74, 6) is -1.09. The number of thioether (sulfide) groups is 1. The number of anilines is 1. The van der Waals surface area contributed by atoms with Gasteiger partial charge in [0.1, 0.15) is 0 Å². The molecule has 0 aliphatic carbocycles. The second-order valence-corrected chi connectivity index (χ2v) is 8.36. The first-order chi connectivity index (χ1) is 15.4. The number of rotatable bonds is 9. The van der Waals surface area contributed by atoms with Crippen molar-refractivity contribution in [3.8, 4) is 22.3 Å². The molecule has 3 aromatic carbocycles. The molecular formula is C27H26N2O2S. The van der Waals surface area contributed by atoms with E-state index in [0.717, 1.165) is 21.6 Å². The van der Waals surface area contributed by atoms with Crippen LogP contribution in [0, 0.1) is 5.92 Å².